The second-order valence-corrected chi connectivity index (χ2v) is 10.2. The lowest BCUT2D eigenvalue weighted by atomic mass is 10.1. The summed E-state index contributed by atoms with van der Waals surface area (Å²) in [6, 6.07) is 6.90. The first-order valence-electron chi connectivity index (χ1n) is 12.8. The fourth-order valence-electron chi connectivity index (χ4n) is 4.94. The van der Waals surface area contributed by atoms with Gasteiger partial charge in [0.1, 0.15) is 22.9 Å². The van der Waals surface area contributed by atoms with Crippen molar-refractivity contribution in [2.75, 3.05) is 43.9 Å². The number of piperazine rings is 1. The highest BCUT2D eigenvalue weighted by Gasteiger charge is 2.19. The summed E-state index contributed by atoms with van der Waals surface area (Å²) in [5, 5.41) is 3.03. The van der Waals surface area contributed by atoms with Crippen LogP contribution in [-0.2, 0) is 6.54 Å². The minimum absolute atomic E-state index is 0.00221. The number of hydrogen-bond acceptors (Lipinski definition) is 7. The zero-order valence-electron chi connectivity index (χ0n) is 21.8. The molecule has 38 heavy (non-hydrogen) atoms. The van der Waals surface area contributed by atoms with E-state index in [2.05, 4.69) is 35.1 Å². The van der Waals surface area contributed by atoms with E-state index in [1.807, 2.05) is 43.7 Å². The molecule has 4 heterocycles. The van der Waals surface area contributed by atoms with Crippen molar-refractivity contribution >= 4 is 34.4 Å². The minimum Gasteiger partial charge on any atom is -0.326 e. The number of nitrogens with zero attached hydrogens (tertiary/aromatic N) is 7. The van der Waals surface area contributed by atoms with Gasteiger partial charge in [-0.25, -0.2) is 28.7 Å². The molecule has 8 nitrogen and oxygen atoms in total. The van der Waals surface area contributed by atoms with Crippen molar-refractivity contribution in [3.63, 3.8) is 0 Å². The molecule has 3 aromatic heterocycles. The van der Waals surface area contributed by atoms with Crippen LogP contribution in [-0.4, -0.2) is 72.9 Å². The molecular weight excluding hydrogens is 510 g/mol. The Morgan fingerprint density at radius 3 is 2.42 bits per heavy atom. The van der Waals surface area contributed by atoms with E-state index in [0.717, 1.165) is 51.0 Å². The van der Waals surface area contributed by atoms with E-state index in [9.17, 15) is 8.78 Å². The molecule has 1 aliphatic rings. The Morgan fingerprint density at radius 2 is 1.74 bits per heavy atom. The van der Waals surface area contributed by atoms with Gasteiger partial charge in [-0.05, 0) is 44.5 Å². The van der Waals surface area contributed by atoms with Gasteiger partial charge in [-0.15, -0.1) is 11.6 Å². The third kappa shape index (κ3) is 5.62. The predicted octanol–water partition coefficient (Wildman–Crippen LogP) is 5.16. The summed E-state index contributed by atoms with van der Waals surface area (Å²) in [6.45, 7) is 11.6. The largest absolute Gasteiger partial charge is 0.326 e. The second kappa shape index (κ2) is 11.3. The van der Waals surface area contributed by atoms with Crippen molar-refractivity contribution in [3.05, 3.63) is 59.7 Å². The Kier molecular flexibility index (Phi) is 7.83. The van der Waals surface area contributed by atoms with Crippen molar-refractivity contribution in [2.24, 2.45) is 0 Å². The highest BCUT2D eigenvalue weighted by atomic mass is 35.5. The molecule has 1 aromatic carbocycles. The van der Waals surface area contributed by atoms with E-state index < -0.39 is 11.6 Å². The number of pyridine rings is 1. The Morgan fingerprint density at radius 1 is 0.974 bits per heavy atom. The van der Waals surface area contributed by atoms with Crippen LogP contribution in [0.3, 0.4) is 0 Å². The van der Waals surface area contributed by atoms with Crippen LogP contribution >= 0.6 is 11.6 Å². The van der Waals surface area contributed by atoms with Crippen LogP contribution in [0.25, 0.3) is 22.3 Å². The number of alkyl halides is 1. The standard InChI is InChI=1S/C27H31ClF2N8/c1-17(2)38-18(3)33-26-21(29)12-20(13-23(26)38)25-22(30)15-32-27(35-25)34-24-5-4-19(14-31-24)16-37-10-8-36(7-6-28)9-11-37/h4-5,12-15,17H,6-11,16H2,1-3H3,(H,31,32,34,35). The molecule has 0 aliphatic carbocycles. The van der Waals surface area contributed by atoms with Crippen molar-refractivity contribution < 1.29 is 8.78 Å². The molecule has 0 radical (unpaired) electrons. The molecule has 0 atom stereocenters. The molecule has 5 rings (SSSR count). The predicted molar refractivity (Wildman–Crippen MR) is 146 cm³/mol. The highest BCUT2D eigenvalue weighted by molar-refractivity contribution is 6.18. The van der Waals surface area contributed by atoms with E-state index in [1.165, 1.54) is 6.07 Å². The van der Waals surface area contributed by atoms with Gasteiger partial charge in [0.05, 0.1) is 11.7 Å². The molecule has 11 heteroatoms. The van der Waals surface area contributed by atoms with Gasteiger partial charge in [-0.1, -0.05) is 6.07 Å². The molecule has 1 N–H and O–H groups in total. The van der Waals surface area contributed by atoms with Gasteiger partial charge in [0.15, 0.2) is 11.6 Å². The van der Waals surface area contributed by atoms with Gasteiger partial charge in [-0.2, -0.15) is 0 Å². The third-order valence-corrected chi connectivity index (χ3v) is 6.96. The number of anilines is 2. The molecular formula is C27H31ClF2N8. The maximum atomic E-state index is 14.9. The number of benzene rings is 1. The lowest BCUT2D eigenvalue weighted by Gasteiger charge is -2.34. The van der Waals surface area contributed by atoms with Gasteiger partial charge in [-0.3, -0.25) is 9.80 Å². The number of aryl methyl sites for hydroxylation is 1. The van der Waals surface area contributed by atoms with Crippen LogP contribution in [0, 0.1) is 18.6 Å². The van der Waals surface area contributed by atoms with Gasteiger partial charge >= 0.3 is 0 Å². The number of halogens is 3. The quantitative estimate of drug-likeness (QED) is 0.310. The third-order valence-electron chi connectivity index (χ3n) is 6.80. The van der Waals surface area contributed by atoms with Crippen LogP contribution in [0.4, 0.5) is 20.5 Å². The van der Waals surface area contributed by atoms with Gasteiger partial charge in [0.2, 0.25) is 5.95 Å². The Balaban J connectivity index is 1.32. The molecule has 0 bridgehead atoms. The summed E-state index contributed by atoms with van der Waals surface area (Å²) in [6.07, 6.45) is 2.90. The summed E-state index contributed by atoms with van der Waals surface area (Å²) >= 11 is 5.85. The van der Waals surface area contributed by atoms with E-state index in [-0.39, 0.29) is 23.2 Å². The Hall–Kier alpha value is -3.21. The first kappa shape index (κ1) is 26.4. The molecule has 1 fully saturated rings. The van der Waals surface area contributed by atoms with E-state index >= 15 is 0 Å². The maximum Gasteiger partial charge on any atom is 0.229 e. The van der Waals surface area contributed by atoms with Crippen LogP contribution in [0.1, 0.15) is 31.3 Å². The molecule has 4 aromatic rings. The Bertz CT molecular complexity index is 1420. The highest BCUT2D eigenvalue weighted by Crippen LogP contribution is 2.30. The number of imidazole rings is 1. The van der Waals surface area contributed by atoms with Gasteiger partial charge < -0.3 is 9.88 Å². The maximum absolute atomic E-state index is 14.9. The average molecular weight is 541 g/mol. The fraction of sp³-hybridized carbons (Fsp3) is 0.407. The summed E-state index contributed by atoms with van der Waals surface area (Å²) in [4.78, 5) is 22.0. The molecule has 0 spiro atoms. The zero-order chi connectivity index (χ0) is 26.8. The summed E-state index contributed by atoms with van der Waals surface area (Å²) in [5.41, 5.74) is 2.27. The van der Waals surface area contributed by atoms with Crippen LogP contribution in [0.5, 0.6) is 0 Å². The smallest absolute Gasteiger partial charge is 0.229 e. The first-order valence-corrected chi connectivity index (χ1v) is 13.3. The molecule has 0 amide bonds. The average Bonchev–Trinajstić information content (AvgIpc) is 3.24. The zero-order valence-corrected chi connectivity index (χ0v) is 22.5. The van der Waals surface area contributed by atoms with Crippen molar-refractivity contribution in [1.82, 2.24) is 34.3 Å². The fourth-order valence-corrected chi connectivity index (χ4v) is 5.18. The van der Waals surface area contributed by atoms with Crippen molar-refractivity contribution in [2.45, 2.75) is 33.4 Å². The Labute approximate surface area is 225 Å². The normalized spacial score (nSPS) is 15.0. The van der Waals surface area contributed by atoms with E-state index in [1.54, 1.807) is 6.07 Å². The lowest BCUT2D eigenvalue weighted by molar-refractivity contribution is 0.132. The summed E-state index contributed by atoms with van der Waals surface area (Å²) in [5.74, 6) is 0.897. The first-order chi connectivity index (χ1) is 18.3. The van der Waals surface area contributed by atoms with Crippen LogP contribution in [0.15, 0.2) is 36.7 Å². The van der Waals surface area contributed by atoms with Crippen LogP contribution in [0.2, 0.25) is 0 Å². The van der Waals surface area contributed by atoms with Crippen LogP contribution < -0.4 is 5.32 Å². The second-order valence-electron chi connectivity index (χ2n) is 9.82. The number of nitrogens with one attached hydrogen (secondary N) is 1. The van der Waals surface area contributed by atoms with Gasteiger partial charge in [0.25, 0.3) is 0 Å². The molecule has 0 saturated carbocycles. The molecule has 200 valence electrons. The van der Waals surface area contributed by atoms with E-state index in [4.69, 9.17) is 11.6 Å². The molecule has 1 saturated heterocycles. The summed E-state index contributed by atoms with van der Waals surface area (Å²) in [7, 11) is 0. The molecule has 0 unspecified atom stereocenters. The van der Waals surface area contributed by atoms with E-state index in [0.29, 0.717) is 28.6 Å². The topological polar surface area (TPSA) is 75.0 Å². The minimum atomic E-state index is -0.643. The molecule has 1 aliphatic heterocycles. The number of hydrogen-bond donors (Lipinski definition) is 1. The number of aromatic nitrogens is 5. The van der Waals surface area contributed by atoms with Gasteiger partial charge in [0, 0.05) is 63.0 Å². The monoisotopic (exact) mass is 540 g/mol. The van der Waals surface area contributed by atoms with Crippen molar-refractivity contribution in [1.29, 1.82) is 0 Å². The van der Waals surface area contributed by atoms with Crippen molar-refractivity contribution in [3.8, 4) is 11.3 Å². The number of rotatable bonds is 8. The SMILES string of the molecule is Cc1nc2c(F)cc(-c3nc(Nc4ccc(CN5CCN(CCCl)CC5)cn4)ncc3F)cc2n1C(C)C. The summed E-state index contributed by atoms with van der Waals surface area (Å²) < 4.78 is 31.7. The number of fused-ring (bicyclic) bond motifs is 1. The lowest BCUT2D eigenvalue weighted by Crippen LogP contribution is -2.46.